The topological polar surface area (TPSA) is 104 Å². The minimum Gasteiger partial charge on any atom is -0.452 e. The van der Waals surface area contributed by atoms with Crippen LogP contribution in [0.25, 0.3) is 22.9 Å². The fourth-order valence-electron chi connectivity index (χ4n) is 2.97. The Morgan fingerprint density at radius 3 is 1.88 bits per heavy atom. The van der Waals surface area contributed by atoms with Gasteiger partial charge in [-0.25, -0.2) is 4.79 Å². The summed E-state index contributed by atoms with van der Waals surface area (Å²) in [6.07, 6.45) is 0. The summed E-state index contributed by atoms with van der Waals surface area (Å²) in [7, 11) is 3.11. The van der Waals surface area contributed by atoms with Crippen LogP contribution in [0.5, 0.6) is 0 Å². The van der Waals surface area contributed by atoms with Gasteiger partial charge in [-0.3, -0.25) is 4.79 Å². The Morgan fingerprint density at radius 1 is 0.848 bits per heavy atom. The standard InChI is InChI=1S/C24H27N3O6/c1-17-4-6-18(7-5-17)22-25-26-23(33-22)19-8-10-20(11-9-19)24(29)32-16-21(28)27(12-14-30-2)13-15-31-3/h4-11H,12-16H2,1-3H3. The summed E-state index contributed by atoms with van der Waals surface area (Å²) in [6, 6.07) is 14.3. The second-order valence-corrected chi connectivity index (χ2v) is 7.30. The number of hydrogen-bond donors (Lipinski definition) is 0. The first kappa shape index (κ1) is 24.1. The van der Waals surface area contributed by atoms with E-state index in [9.17, 15) is 9.59 Å². The molecule has 0 aliphatic carbocycles. The van der Waals surface area contributed by atoms with Crippen molar-refractivity contribution < 1.29 is 28.2 Å². The first-order valence-corrected chi connectivity index (χ1v) is 10.5. The predicted octanol–water partition coefficient (Wildman–Crippen LogP) is 2.99. The molecular weight excluding hydrogens is 426 g/mol. The van der Waals surface area contributed by atoms with Gasteiger partial charge >= 0.3 is 5.97 Å². The molecule has 33 heavy (non-hydrogen) atoms. The molecule has 0 saturated heterocycles. The van der Waals surface area contributed by atoms with E-state index in [-0.39, 0.29) is 12.5 Å². The number of nitrogens with zero attached hydrogens (tertiary/aromatic N) is 3. The number of esters is 1. The normalized spacial score (nSPS) is 10.8. The molecule has 0 bridgehead atoms. The van der Waals surface area contributed by atoms with E-state index in [1.807, 2.05) is 31.2 Å². The van der Waals surface area contributed by atoms with Gasteiger partial charge < -0.3 is 23.5 Å². The van der Waals surface area contributed by atoms with Crippen LogP contribution >= 0.6 is 0 Å². The smallest absolute Gasteiger partial charge is 0.338 e. The summed E-state index contributed by atoms with van der Waals surface area (Å²) in [6.45, 7) is 3.18. The number of methoxy groups -OCH3 is 2. The molecule has 9 nitrogen and oxygen atoms in total. The molecule has 174 valence electrons. The van der Waals surface area contributed by atoms with Gasteiger partial charge in [-0.1, -0.05) is 17.7 Å². The third kappa shape index (κ3) is 6.71. The van der Waals surface area contributed by atoms with Crippen LogP contribution < -0.4 is 0 Å². The molecule has 0 radical (unpaired) electrons. The van der Waals surface area contributed by atoms with E-state index in [0.717, 1.165) is 11.1 Å². The Labute approximate surface area is 192 Å². The third-order valence-electron chi connectivity index (χ3n) is 4.90. The van der Waals surface area contributed by atoms with E-state index >= 15 is 0 Å². The van der Waals surface area contributed by atoms with Gasteiger partial charge in [-0.05, 0) is 43.3 Å². The van der Waals surface area contributed by atoms with Gasteiger partial charge in [0.1, 0.15) is 0 Å². The fourth-order valence-corrected chi connectivity index (χ4v) is 2.97. The Balaban J connectivity index is 1.58. The van der Waals surface area contributed by atoms with Crippen LogP contribution in [-0.4, -0.2) is 74.1 Å². The number of aryl methyl sites for hydroxylation is 1. The van der Waals surface area contributed by atoms with Crippen molar-refractivity contribution in [2.75, 3.05) is 47.1 Å². The Morgan fingerprint density at radius 2 is 1.36 bits per heavy atom. The van der Waals surface area contributed by atoms with E-state index in [1.165, 1.54) is 4.90 Å². The molecular formula is C24H27N3O6. The van der Waals surface area contributed by atoms with Gasteiger partial charge in [0.05, 0.1) is 18.8 Å². The lowest BCUT2D eigenvalue weighted by Crippen LogP contribution is -2.39. The maximum Gasteiger partial charge on any atom is 0.338 e. The van der Waals surface area contributed by atoms with Crippen molar-refractivity contribution in [1.82, 2.24) is 15.1 Å². The number of amides is 1. The molecule has 1 aromatic heterocycles. The maximum atomic E-state index is 12.4. The molecule has 0 aliphatic heterocycles. The molecule has 0 atom stereocenters. The first-order valence-electron chi connectivity index (χ1n) is 10.5. The quantitative estimate of drug-likeness (QED) is 0.408. The van der Waals surface area contributed by atoms with Gasteiger partial charge in [0, 0.05) is 38.4 Å². The lowest BCUT2D eigenvalue weighted by atomic mass is 10.1. The molecule has 0 spiro atoms. The van der Waals surface area contributed by atoms with E-state index in [0.29, 0.717) is 49.2 Å². The SMILES string of the molecule is COCCN(CCOC)C(=O)COC(=O)c1ccc(-c2nnc(-c3ccc(C)cc3)o2)cc1. The number of benzene rings is 2. The van der Waals surface area contributed by atoms with Gasteiger partial charge in [0.2, 0.25) is 11.8 Å². The highest BCUT2D eigenvalue weighted by Gasteiger charge is 2.17. The highest BCUT2D eigenvalue weighted by atomic mass is 16.5. The molecule has 1 amide bonds. The van der Waals surface area contributed by atoms with Crippen LogP contribution in [0.15, 0.2) is 52.9 Å². The van der Waals surface area contributed by atoms with E-state index < -0.39 is 5.97 Å². The van der Waals surface area contributed by atoms with Crippen LogP contribution in [-0.2, 0) is 19.0 Å². The van der Waals surface area contributed by atoms with E-state index in [4.69, 9.17) is 18.6 Å². The van der Waals surface area contributed by atoms with Crippen molar-refractivity contribution in [3.63, 3.8) is 0 Å². The molecule has 0 aliphatic rings. The fraction of sp³-hybridized carbons (Fsp3) is 0.333. The third-order valence-corrected chi connectivity index (χ3v) is 4.90. The van der Waals surface area contributed by atoms with Crippen molar-refractivity contribution in [3.8, 4) is 22.9 Å². The monoisotopic (exact) mass is 453 g/mol. The summed E-state index contributed by atoms with van der Waals surface area (Å²) in [5, 5.41) is 8.17. The minimum atomic E-state index is -0.598. The molecule has 0 fully saturated rings. The Kier molecular flexibility index (Phi) is 8.68. The second-order valence-electron chi connectivity index (χ2n) is 7.30. The molecule has 1 heterocycles. The van der Waals surface area contributed by atoms with Crippen molar-refractivity contribution in [3.05, 3.63) is 59.7 Å². The van der Waals surface area contributed by atoms with Gasteiger partial charge in [0.25, 0.3) is 5.91 Å². The lowest BCUT2D eigenvalue weighted by Gasteiger charge is -2.21. The Bertz CT molecular complexity index is 1040. The van der Waals surface area contributed by atoms with Crippen LogP contribution in [0.4, 0.5) is 0 Å². The van der Waals surface area contributed by atoms with Crippen molar-refractivity contribution in [1.29, 1.82) is 0 Å². The number of ether oxygens (including phenoxy) is 3. The summed E-state index contributed by atoms with van der Waals surface area (Å²) >= 11 is 0. The predicted molar refractivity (Wildman–Crippen MR) is 121 cm³/mol. The highest BCUT2D eigenvalue weighted by molar-refractivity contribution is 5.91. The number of carbonyl (C=O) groups excluding carboxylic acids is 2. The van der Waals surface area contributed by atoms with Crippen molar-refractivity contribution >= 4 is 11.9 Å². The molecule has 3 aromatic rings. The van der Waals surface area contributed by atoms with Crippen molar-refractivity contribution in [2.45, 2.75) is 6.92 Å². The van der Waals surface area contributed by atoms with E-state index in [1.54, 1.807) is 38.5 Å². The second kappa shape index (κ2) is 11.9. The molecule has 0 unspecified atom stereocenters. The number of carbonyl (C=O) groups is 2. The molecule has 0 N–H and O–H groups in total. The zero-order valence-corrected chi connectivity index (χ0v) is 18.9. The summed E-state index contributed by atoms with van der Waals surface area (Å²) in [4.78, 5) is 26.3. The highest BCUT2D eigenvalue weighted by Crippen LogP contribution is 2.24. The largest absolute Gasteiger partial charge is 0.452 e. The van der Waals surface area contributed by atoms with Crippen molar-refractivity contribution in [2.24, 2.45) is 0 Å². The number of hydrogen-bond acceptors (Lipinski definition) is 8. The van der Waals surface area contributed by atoms with Crippen LogP contribution in [0, 0.1) is 6.92 Å². The Hall–Kier alpha value is -3.56. The molecule has 3 rings (SSSR count). The molecule has 9 heteroatoms. The first-order chi connectivity index (χ1) is 16.0. The molecule has 0 saturated carbocycles. The van der Waals surface area contributed by atoms with Gasteiger partial charge in [-0.15, -0.1) is 10.2 Å². The van der Waals surface area contributed by atoms with Gasteiger partial charge in [-0.2, -0.15) is 0 Å². The number of aromatic nitrogens is 2. The average molecular weight is 453 g/mol. The van der Waals surface area contributed by atoms with E-state index in [2.05, 4.69) is 10.2 Å². The van der Waals surface area contributed by atoms with Gasteiger partial charge in [0.15, 0.2) is 6.61 Å². The summed E-state index contributed by atoms with van der Waals surface area (Å²) in [5.74, 6) is -0.158. The lowest BCUT2D eigenvalue weighted by molar-refractivity contribution is -0.135. The number of rotatable bonds is 11. The van der Waals surface area contributed by atoms with Crippen LogP contribution in [0.1, 0.15) is 15.9 Å². The average Bonchev–Trinajstić information content (AvgIpc) is 3.33. The summed E-state index contributed by atoms with van der Waals surface area (Å²) in [5.41, 5.74) is 2.94. The van der Waals surface area contributed by atoms with Crippen LogP contribution in [0.2, 0.25) is 0 Å². The minimum absolute atomic E-state index is 0.310. The summed E-state index contributed by atoms with van der Waals surface area (Å²) < 4.78 is 21.0. The zero-order valence-electron chi connectivity index (χ0n) is 18.9. The zero-order chi connectivity index (χ0) is 23.6. The van der Waals surface area contributed by atoms with Crippen LogP contribution in [0.3, 0.4) is 0 Å². The molecule has 2 aromatic carbocycles. The maximum absolute atomic E-state index is 12.4.